The lowest BCUT2D eigenvalue weighted by atomic mass is 10.1. The lowest BCUT2D eigenvalue weighted by Crippen LogP contribution is -2.23. The van der Waals surface area contributed by atoms with E-state index in [1.807, 2.05) is 0 Å². The van der Waals surface area contributed by atoms with Gasteiger partial charge in [-0.05, 0) is 33.6 Å². The van der Waals surface area contributed by atoms with Crippen molar-refractivity contribution in [2.75, 3.05) is 13.1 Å². The first-order valence-corrected chi connectivity index (χ1v) is 6.17. The average molecular weight is 240 g/mol. The lowest BCUT2D eigenvalue weighted by molar-refractivity contribution is -0.117. The van der Waals surface area contributed by atoms with Gasteiger partial charge in [-0.25, -0.2) is 0 Å². The molecular formula is C12H24N4O. The molecule has 1 fully saturated rings. The number of aliphatic imine (C=N–C) groups is 1. The van der Waals surface area contributed by atoms with Crippen LogP contribution in [0.2, 0.25) is 0 Å². The molecule has 0 aromatic heterocycles. The minimum absolute atomic E-state index is 0.161. The van der Waals surface area contributed by atoms with Gasteiger partial charge in [-0.15, -0.1) is 0 Å². The largest absolute Gasteiger partial charge is 0.370 e. The minimum atomic E-state index is 0.161. The number of hydrogen-bond acceptors (Lipinski definition) is 3. The molecule has 0 amide bonds. The molecule has 0 aliphatic carbocycles. The van der Waals surface area contributed by atoms with Crippen molar-refractivity contribution in [2.24, 2.45) is 16.5 Å². The van der Waals surface area contributed by atoms with Crippen LogP contribution in [0.1, 0.15) is 40.0 Å². The molecule has 5 heteroatoms. The predicted molar refractivity (Wildman–Crippen MR) is 69.8 cm³/mol. The Morgan fingerprint density at radius 3 is 2.59 bits per heavy atom. The number of guanidine groups is 1. The topological polar surface area (TPSA) is 84.5 Å². The van der Waals surface area contributed by atoms with Crippen LogP contribution in [0.15, 0.2) is 4.99 Å². The highest BCUT2D eigenvalue weighted by atomic mass is 16.1. The van der Waals surface area contributed by atoms with Crippen molar-refractivity contribution in [1.29, 1.82) is 0 Å². The molecule has 17 heavy (non-hydrogen) atoms. The summed E-state index contributed by atoms with van der Waals surface area (Å²) < 4.78 is 0. The number of hydrogen-bond donors (Lipinski definition) is 2. The van der Waals surface area contributed by atoms with Gasteiger partial charge in [0.25, 0.3) is 0 Å². The maximum absolute atomic E-state index is 11.0. The third-order valence-corrected chi connectivity index (χ3v) is 3.50. The second-order valence-electron chi connectivity index (χ2n) is 5.26. The van der Waals surface area contributed by atoms with E-state index in [-0.39, 0.29) is 17.3 Å². The Morgan fingerprint density at radius 1 is 1.41 bits per heavy atom. The number of nitrogens with zero attached hydrogens (tertiary/aromatic N) is 2. The number of carbonyl (C=O) groups excluding carboxylic acids is 1. The van der Waals surface area contributed by atoms with E-state index >= 15 is 0 Å². The molecule has 5 nitrogen and oxygen atoms in total. The van der Waals surface area contributed by atoms with E-state index in [1.165, 1.54) is 0 Å². The van der Waals surface area contributed by atoms with Gasteiger partial charge >= 0.3 is 0 Å². The molecule has 0 radical (unpaired) electrons. The van der Waals surface area contributed by atoms with E-state index in [2.05, 4.69) is 23.7 Å². The fourth-order valence-corrected chi connectivity index (χ4v) is 2.38. The first-order chi connectivity index (χ1) is 7.85. The molecule has 1 heterocycles. The van der Waals surface area contributed by atoms with E-state index in [9.17, 15) is 4.79 Å². The second-order valence-corrected chi connectivity index (χ2v) is 5.26. The zero-order valence-corrected chi connectivity index (χ0v) is 11.1. The number of carbonyl (C=O) groups is 1. The monoisotopic (exact) mass is 240 g/mol. The van der Waals surface area contributed by atoms with Gasteiger partial charge in [-0.1, -0.05) is 0 Å². The van der Waals surface area contributed by atoms with Crippen molar-refractivity contribution in [1.82, 2.24) is 4.90 Å². The number of rotatable bonds is 7. The summed E-state index contributed by atoms with van der Waals surface area (Å²) in [5, 5.41) is 0. The quantitative estimate of drug-likeness (QED) is 0.293. The van der Waals surface area contributed by atoms with Gasteiger partial charge in [-0.2, -0.15) is 0 Å². The summed E-state index contributed by atoms with van der Waals surface area (Å²) in [6, 6.07) is 0.566. The summed E-state index contributed by atoms with van der Waals surface area (Å²) in [7, 11) is 0. The zero-order chi connectivity index (χ0) is 13.1. The molecule has 2 unspecified atom stereocenters. The fraction of sp³-hybridized carbons (Fsp3) is 0.833. The molecule has 2 atom stereocenters. The van der Waals surface area contributed by atoms with Gasteiger partial charge < -0.3 is 11.5 Å². The van der Waals surface area contributed by atoms with Gasteiger partial charge in [0.2, 0.25) is 0 Å². The van der Waals surface area contributed by atoms with Crippen molar-refractivity contribution in [3.8, 4) is 0 Å². The summed E-state index contributed by atoms with van der Waals surface area (Å²) in [6.07, 6.45) is 2.72. The number of nitrogens with two attached hydrogens (primary N) is 2. The van der Waals surface area contributed by atoms with Crippen LogP contribution in [0.3, 0.4) is 0 Å². The van der Waals surface area contributed by atoms with E-state index in [0.29, 0.717) is 19.0 Å². The summed E-state index contributed by atoms with van der Waals surface area (Å²) in [4.78, 5) is 17.3. The minimum Gasteiger partial charge on any atom is -0.370 e. The van der Waals surface area contributed by atoms with Gasteiger partial charge in [-0.3, -0.25) is 14.7 Å². The van der Waals surface area contributed by atoms with Crippen LogP contribution < -0.4 is 11.5 Å². The Morgan fingerprint density at radius 2 is 2.06 bits per heavy atom. The normalized spacial score (nSPS) is 25.4. The SMILES string of the molecule is CC(=O)CCN1C(CCCN=C(N)N)C1(C)C. The highest BCUT2D eigenvalue weighted by Gasteiger charge is 2.53. The Bertz CT molecular complexity index is 308. The maximum Gasteiger partial charge on any atom is 0.185 e. The van der Waals surface area contributed by atoms with Crippen LogP contribution in [-0.2, 0) is 4.79 Å². The summed E-state index contributed by atoms with van der Waals surface area (Å²) in [5.41, 5.74) is 10.8. The Hall–Kier alpha value is -1.10. The Balaban J connectivity index is 2.25. The lowest BCUT2D eigenvalue weighted by Gasteiger charge is -2.03. The summed E-state index contributed by atoms with van der Waals surface area (Å²) in [6.45, 7) is 7.64. The van der Waals surface area contributed by atoms with Crippen LogP contribution in [0.4, 0.5) is 0 Å². The molecule has 4 N–H and O–H groups in total. The third kappa shape index (κ3) is 4.00. The molecule has 0 aromatic carbocycles. The molecule has 0 aromatic rings. The molecule has 1 aliphatic rings. The van der Waals surface area contributed by atoms with Gasteiger partial charge in [0.05, 0.1) is 0 Å². The fourth-order valence-electron chi connectivity index (χ4n) is 2.38. The molecule has 0 saturated carbocycles. The van der Waals surface area contributed by atoms with Gasteiger partial charge in [0, 0.05) is 31.1 Å². The smallest absolute Gasteiger partial charge is 0.185 e. The molecule has 0 bridgehead atoms. The summed E-state index contributed by atoms with van der Waals surface area (Å²) >= 11 is 0. The first kappa shape index (κ1) is 14.0. The van der Waals surface area contributed by atoms with E-state index in [4.69, 9.17) is 11.5 Å². The van der Waals surface area contributed by atoms with E-state index in [1.54, 1.807) is 6.92 Å². The molecule has 0 spiro atoms. The van der Waals surface area contributed by atoms with Crippen LogP contribution in [0.5, 0.6) is 0 Å². The average Bonchev–Trinajstić information content (AvgIpc) is 2.71. The highest BCUT2D eigenvalue weighted by molar-refractivity contribution is 5.76. The van der Waals surface area contributed by atoms with Crippen LogP contribution in [0.25, 0.3) is 0 Å². The number of Topliss-reactive ketones (excluding diaryl/α,β-unsaturated/α-hetero) is 1. The third-order valence-electron chi connectivity index (χ3n) is 3.50. The van der Waals surface area contributed by atoms with Crippen LogP contribution in [0, 0.1) is 0 Å². The Kier molecular flexibility index (Phi) is 4.51. The van der Waals surface area contributed by atoms with Crippen molar-refractivity contribution in [3.05, 3.63) is 0 Å². The summed E-state index contributed by atoms with van der Waals surface area (Å²) in [5.74, 6) is 0.417. The predicted octanol–water partition coefficient (Wildman–Crippen LogP) is 0.482. The van der Waals surface area contributed by atoms with E-state index < -0.39 is 0 Å². The van der Waals surface area contributed by atoms with Crippen LogP contribution in [-0.4, -0.2) is 41.3 Å². The molecule has 1 rings (SSSR count). The number of ketones is 1. The van der Waals surface area contributed by atoms with Crippen molar-refractivity contribution in [3.63, 3.8) is 0 Å². The molecular weight excluding hydrogens is 216 g/mol. The highest BCUT2D eigenvalue weighted by Crippen LogP contribution is 2.42. The molecule has 98 valence electrons. The molecule has 1 aliphatic heterocycles. The molecule has 1 saturated heterocycles. The van der Waals surface area contributed by atoms with Gasteiger partial charge in [0.15, 0.2) is 5.96 Å². The van der Waals surface area contributed by atoms with Crippen molar-refractivity contribution < 1.29 is 4.79 Å². The standard InChI is InChI=1S/C12H24N4O/c1-9(17)6-8-16-10(12(16,2)3)5-4-7-15-11(13)14/h10H,4-8H2,1-3H3,(H4,13,14,15). The second kappa shape index (κ2) is 5.49. The van der Waals surface area contributed by atoms with Crippen molar-refractivity contribution in [2.45, 2.75) is 51.6 Å². The van der Waals surface area contributed by atoms with Gasteiger partial charge in [0.1, 0.15) is 5.78 Å². The van der Waals surface area contributed by atoms with Crippen molar-refractivity contribution >= 4 is 11.7 Å². The van der Waals surface area contributed by atoms with Crippen LogP contribution >= 0.6 is 0 Å². The first-order valence-electron chi connectivity index (χ1n) is 6.17. The van der Waals surface area contributed by atoms with E-state index in [0.717, 1.165) is 19.4 Å². The zero-order valence-electron chi connectivity index (χ0n) is 11.1. The maximum atomic E-state index is 11.0. The Labute approximate surface area is 103 Å².